The molecule has 2 heterocycles. The van der Waals surface area contributed by atoms with Gasteiger partial charge in [0, 0.05) is 24.1 Å². The van der Waals surface area contributed by atoms with Crippen LogP contribution >= 0.6 is 12.4 Å². The molecule has 2 aromatic carbocycles. The highest BCUT2D eigenvalue weighted by atomic mass is 35.5. The first-order valence-electron chi connectivity index (χ1n) is 8.55. The molecule has 2 unspecified atom stereocenters. The summed E-state index contributed by atoms with van der Waals surface area (Å²) in [5, 5.41) is 3.14. The maximum Gasteiger partial charge on any atom is 0.261 e. The van der Waals surface area contributed by atoms with Crippen molar-refractivity contribution in [2.24, 2.45) is 0 Å². The molecule has 3 N–H and O–H groups in total. The number of hydrogen-bond donors (Lipinski definition) is 2. The number of nitrogens with two attached hydrogens (primary N) is 1. The monoisotopic (exact) mass is 374 g/mol. The van der Waals surface area contributed by atoms with Crippen molar-refractivity contribution in [3.63, 3.8) is 0 Å². The van der Waals surface area contributed by atoms with E-state index in [0.29, 0.717) is 18.5 Å². The average molecular weight is 375 g/mol. The van der Waals surface area contributed by atoms with Crippen LogP contribution in [0, 0.1) is 0 Å². The Morgan fingerprint density at radius 1 is 1.19 bits per heavy atom. The van der Waals surface area contributed by atoms with Crippen molar-refractivity contribution in [2.45, 2.75) is 44.4 Å². The van der Waals surface area contributed by atoms with Gasteiger partial charge < -0.3 is 20.5 Å². The van der Waals surface area contributed by atoms with Crippen LogP contribution in [-0.2, 0) is 11.2 Å². The summed E-state index contributed by atoms with van der Waals surface area (Å²) >= 11 is 0. The van der Waals surface area contributed by atoms with Crippen LogP contribution in [0.4, 0.5) is 5.69 Å². The van der Waals surface area contributed by atoms with Gasteiger partial charge in [-0.2, -0.15) is 0 Å². The molecule has 2 aliphatic rings. The number of hydrogen-bond acceptors (Lipinski definition) is 4. The maximum absolute atomic E-state index is 12.8. The molecule has 2 aliphatic heterocycles. The Morgan fingerprint density at radius 3 is 2.73 bits per heavy atom. The number of anilines is 1. The molecule has 5 nitrogen and oxygen atoms in total. The van der Waals surface area contributed by atoms with Gasteiger partial charge in [-0.3, -0.25) is 4.79 Å². The highest BCUT2D eigenvalue weighted by molar-refractivity contribution is 5.85. The number of carbonyl (C=O) groups excluding carboxylic acids is 1. The molecule has 138 valence electrons. The van der Waals surface area contributed by atoms with E-state index in [2.05, 4.69) is 5.32 Å². The average Bonchev–Trinajstić information content (AvgIpc) is 2.99. The molecule has 0 radical (unpaired) electrons. The summed E-state index contributed by atoms with van der Waals surface area (Å²) in [5.41, 5.74) is 8.22. The van der Waals surface area contributed by atoms with E-state index in [4.69, 9.17) is 15.2 Å². The minimum Gasteiger partial charge on any atom is -0.487 e. The first-order valence-corrected chi connectivity index (χ1v) is 8.55. The van der Waals surface area contributed by atoms with E-state index >= 15 is 0 Å². The summed E-state index contributed by atoms with van der Waals surface area (Å²) in [5.74, 6) is 1.46. The molecule has 0 saturated carbocycles. The first kappa shape index (κ1) is 18.4. The molecule has 0 aromatic heterocycles. The van der Waals surface area contributed by atoms with Crippen LogP contribution in [0.5, 0.6) is 11.5 Å². The highest BCUT2D eigenvalue weighted by Crippen LogP contribution is 2.40. The second kappa shape index (κ2) is 6.72. The zero-order valence-electron chi connectivity index (χ0n) is 14.8. The fourth-order valence-electron chi connectivity index (χ4n) is 3.59. The molecule has 0 spiro atoms. The Kier molecular flexibility index (Phi) is 4.76. The number of para-hydroxylation sites is 1. The standard InChI is InChI=1S/C20H22N2O3.ClH/c1-20(2)11-15(14-10-13(21)7-8-17(14)25-20)22-19(23)18-9-12-5-3-4-6-16(12)24-18;/h3-8,10,15,18H,9,11,21H2,1-2H3,(H,22,23);1H. The summed E-state index contributed by atoms with van der Waals surface area (Å²) in [7, 11) is 0. The minimum absolute atomic E-state index is 0. The van der Waals surface area contributed by atoms with Crippen LogP contribution in [0.3, 0.4) is 0 Å². The fraction of sp³-hybridized carbons (Fsp3) is 0.350. The van der Waals surface area contributed by atoms with E-state index in [1.807, 2.05) is 56.3 Å². The van der Waals surface area contributed by atoms with E-state index in [0.717, 1.165) is 22.6 Å². The zero-order valence-corrected chi connectivity index (χ0v) is 15.6. The van der Waals surface area contributed by atoms with E-state index in [-0.39, 0.29) is 30.0 Å². The molecule has 2 aromatic rings. The largest absolute Gasteiger partial charge is 0.487 e. The number of fused-ring (bicyclic) bond motifs is 2. The topological polar surface area (TPSA) is 73.6 Å². The number of ether oxygens (including phenoxy) is 2. The molecule has 6 heteroatoms. The van der Waals surface area contributed by atoms with Crippen LogP contribution < -0.4 is 20.5 Å². The molecule has 0 aliphatic carbocycles. The van der Waals surface area contributed by atoms with Gasteiger partial charge in [-0.15, -0.1) is 12.4 Å². The summed E-state index contributed by atoms with van der Waals surface area (Å²) in [6, 6.07) is 13.2. The zero-order chi connectivity index (χ0) is 17.6. The molecule has 2 atom stereocenters. The van der Waals surface area contributed by atoms with Crippen LogP contribution in [-0.4, -0.2) is 17.6 Å². The smallest absolute Gasteiger partial charge is 0.261 e. The first-order chi connectivity index (χ1) is 11.9. The second-order valence-corrected chi connectivity index (χ2v) is 7.34. The van der Waals surface area contributed by atoms with Gasteiger partial charge in [-0.25, -0.2) is 0 Å². The molecule has 26 heavy (non-hydrogen) atoms. The lowest BCUT2D eigenvalue weighted by Gasteiger charge is -2.38. The van der Waals surface area contributed by atoms with E-state index in [1.54, 1.807) is 0 Å². The minimum atomic E-state index is -0.493. The lowest BCUT2D eigenvalue weighted by atomic mass is 9.89. The fourth-order valence-corrected chi connectivity index (χ4v) is 3.59. The molecule has 0 saturated heterocycles. The Bertz CT molecular complexity index is 813. The lowest BCUT2D eigenvalue weighted by Crippen LogP contribution is -2.45. The molecule has 4 rings (SSSR count). The quantitative estimate of drug-likeness (QED) is 0.790. The van der Waals surface area contributed by atoms with Crippen molar-refractivity contribution < 1.29 is 14.3 Å². The number of carbonyl (C=O) groups is 1. The SMILES string of the molecule is CC1(C)CC(NC(=O)C2Cc3ccccc3O2)c2cc(N)ccc2O1.Cl. The van der Waals surface area contributed by atoms with E-state index in [9.17, 15) is 4.79 Å². The van der Waals surface area contributed by atoms with Gasteiger partial charge in [-0.1, -0.05) is 18.2 Å². The second-order valence-electron chi connectivity index (χ2n) is 7.34. The third-order valence-electron chi connectivity index (χ3n) is 4.75. The Balaban J connectivity index is 0.00000196. The molecular weight excluding hydrogens is 352 g/mol. The highest BCUT2D eigenvalue weighted by Gasteiger charge is 2.37. The maximum atomic E-state index is 12.8. The molecule has 0 fully saturated rings. The summed E-state index contributed by atoms with van der Waals surface area (Å²) < 4.78 is 11.8. The van der Waals surface area contributed by atoms with E-state index < -0.39 is 6.10 Å². The molecular formula is C20H23ClN2O3. The van der Waals surface area contributed by atoms with Crippen molar-refractivity contribution in [3.05, 3.63) is 53.6 Å². The predicted molar refractivity (Wildman–Crippen MR) is 103 cm³/mol. The lowest BCUT2D eigenvalue weighted by molar-refractivity contribution is -0.128. The molecule has 1 amide bonds. The van der Waals surface area contributed by atoms with Gasteiger partial charge in [0.05, 0.1) is 6.04 Å². The summed E-state index contributed by atoms with van der Waals surface area (Å²) in [6.45, 7) is 4.04. The number of nitrogen functional groups attached to an aromatic ring is 1. The van der Waals surface area contributed by atoms with Crippen molar-refractivity contribution in [1.29, 1.82) is 0 Å². The number of benzene rings is 2. The molecule has 0 bridgehead atoms. The van der Waals surface area contributed by atoms with Crippen LogP contribution in [0.25, 0.3) is 0 Å². The third-order valence-corrected chi connectivity index (χ3v) is 4.75. The number of amides is 1. The van der Waals surface area contributed by atoms with Gasteiger partial charge >= 0.3 is 0 Å². The third kappa shape index (κ3) is 3.44. The van der Waals surface area contributed by atoms with Crippen LogP contribution in [0.15, 0.2) is 42.5 Å². The van der Waals surface area contributed by atoms with Gasteiger partial charge in [0.25, 0.3) is 5.91 Å². The number of halogens is 1. The predicted octanol–water partition coefficient (Wildman–Crippen LogP) is 3.41. The summed E-state index contributed by atoms with van der Waals surface area (Å²) in [6.07, 6.45) is 0.778. The van der Waals surface area contributed by atoms with Gasteiger partial charge in [0.1, 0.15) is 17.1 Å². The van der Waals surface area contributed by atoms with Crippen molar-refractivity contribution in [3.8, 4) is 11.5 Å². The Hall–Kier alpha value is -2.40. The van der Waals surface area contributed by atoms with E-state index in [1.165, 1.54) is 0 Å². The summed E-state index contributed by atoms with van der Waals surface area (Å²) in [4.78, 5) is 12.8. The Morgan fingerprint density at radius 2 is 1.96 bits per heavy atom. The van der Waals surface area contributed by atoms with Crippen molar-refractivity contribution in [2.75, 3.05) is 5.73 Å². The van der Waals surface area contributed by atoms with Crippen molar-refractivity contribution in [1.82, 2.24) is 5.32 Å². The van der Waals surface area contributed by atoms with Gasteiger partial charge in [0.15, 0.2) is 6.10 Å². The van der Waals surface area contributed by atoms with Crippen LogP contribution in [0.1, 0.15) is 37.4 Å². The number of nitrogens with one attached hydrogen (secondary N) is 1. The van der Waals surface area contributed by atoms with Gasteiger partial charge in [0.2, 0.25) is 0 Å². The normalized spacial score (nSPS) is 22.1. The van der Waals surface area contributed by atoms with Gasteiger partial charge in [-0.05, 0) is 43.7 Å². The van der Waals surface area contributed by atoms with Crippen molar-refractivity contribution >= 4 is 24.0 Å². The van der Waals surface area contributed by atoms with Crippen LogP contribution in [0.2, 0.25) is 0 Å². The Labute approximate surface area is 159 Å². The number of rotatable bonds is 2.